The Kier molecular flexibility index (Phi) is 4.89. The molecule has 1 aromatic carbocycles. The molecule has 0 radical (unpaired) electrons. The van der Waals surface area contributed by atoms with Gasteiger partial charge in [0.25, 0.3) is 0 Å². The molecule has 2 aliphatic rings. The van der Waals surface area contributed by atoms with Crippen molar-refractivity contribution in [1.29, 1.82) is 5.26 Å². The van der Waals surface area contributed by atoms with E-state index in [0.717, 1.165) is 37.3 Å². The van der Waals surface area contributed by atoms with Crippen molar-refractivity contribution >= 4 is 23.0 Å². The molecule has 0 amide bonds. The summed E-state index contributed by atoms with van der Waals surface area (Å²) in [4.78, 5) is 11.5. The summed E-state index contributed by atoms with van der Waals surface area (Å²) in [7, 11) is 0. The van der Waals surface area contributed by atoms with Gasteiger partial charge in [-0.1, -0.05) is 6.07 Å². The van der Waals surface area contributed by atoms with Crippen molar-refractivity contribution < 1.29 is 8.78 Å². The minimum absolute atomic E-state index is 0.0653. The molecule has 0 atom stereocenters. The molecular formula is C24H23F2N7. The van der Waals surface area contributed by atoms with Crippen LogP contribution in [-0.2, 0) is 0 Å². The molecule has 0 spiro atoms. The van der Waals surface area contributed by atoms with Crippen LogP contribution in [0.2, 0.25) is 0 Å². The Morgan fingerprint density at radius 3 is 2.48 bits per heavy atom. The molecule has 1 saturated heterocycles. The highest BCUT2D eigenvalue weighted by molar-refractivity contribution is 6.14. The summed E-state index contributed by atoms with van der Waals surface area (Å²) in [5.74, 6) is -0.561. The summed E-state index contributed by atoms with van der Waals surface area (Å²) in [5, 5.41) is 19.9. The predicted molar refractivity (Wildman–Crippen MR) is 123 cm³/mol. The van der Waals surface area contributed by atoms with Gasteiger partial charge in [0.2, 0.25) is 0 Å². The SMILES string of the molecule is Cc1n[nH]c2c1N=C(c1c(F)cccc1F)Nc1c-2cc(N2CCC(C)(C#N)CC2)nc1C. The number of amidine groups is 1. The van der Waals surface area contributed by atoms with Crippen LogP contribution in [0.4, 0.5) is 26.0 Å². The number of nitriles is 1. The predicted octanol–water partition coefficient (Wildman–Crippen LogP) is 5.00. The molecule has 0 unspecified atom stereocenters. The van der Waals surface area contributed by atoms with Crippen LogP contribution in [0.25, 0.3) is 11.3 Å². The summed E-state index contributed by atoms with van der Waals surface area (Å²) in [6, 6.07) is 8.10. The molecule has 33 heavy (non-hydrogen) atoms. The Hall–Kier alpha value is -3.80. The fourth-order valence-corrected chi connectivity index (χ4v) is 4.37. The van der Waals surface area contributed by atoms with Crippen molar-refractivity contribution in [3.8, 4) is 17.3 Å². The first-order valence-electron chi connectivity index (χ1n) is 10.8. The molecule has 1 fully saturated rings. The number of piperidine rings is 1. The molecule has 2 aliphatic heterocycles. The van der Waals surface area contributed by atoms with Gasteiger partial charge in [0.1, 0.15) is 29.0 Å². The lowest BCUT2D eigenvalue weighted by molar-refractivity contribution is 0.336. The number of aromatic amines is 1. The van der Waals surface area contributed by atoms with Crippen LogP contribution in [-0.4, -0.2) is 34.1 Å². The first-order valence-corrected chi connectivity index (χ1v) is 10.8. The van der Waals surface area contributed by atoms with E-state index in [2.05, 4.69) is 31.5 Å². The van der Waals surface area contributed by atoms with Gasteiger partial charge in [-0.05, 0) is 51.8 Å². The second kappa shape index (κ2) is 7.66. The van der Waals surface area contributed by atoms with Crippen LogP contribution < -0.4 is 10.2 Å². The van der Waals surface area contributed by atoms with Gasteiger partial charge in [-0.3, -0.25) is 5.10 Å². The highest BCUT2D eigenvalue weighted by atomic mass is 19.1. The van der Waals surface area contributed by atoms with Crippen molar-refractivity contribution in [2.45, 2.75) is 33.6 Å². The first-order chi connectivity index (χ1) is 15.8. The number of halogens is 2. The van der Waals surface area contributed by atoms with Crippen LogP contribution in [0.15, 0.2) is 29.3 Å². The highest BCUT2D eigenvalue weighted by Gasteiger charge is 2.32. The maximum atomic E-state index is 14.6. The molecule has 2 N–H and O–H groups in total. The number of nitrogens with one attached hydrogen (secondary N) is 2. The molecule has 2 aromatic heterocycles. The zero-order valence-corrected chi connectivity index (χ0v) is 18.6. The van der Waals surface area contributed by atoms with Gasteiger partial charge >= 0.3 is 0 Å². The van der Waals surface area contributed by atoms with Gasteiger partial charge in [-0.15, -0.1) is 0 Å². The molecule has 9 heteroatoms. The maximum absolute atomic E-state index is 14.6. The molecule has 0 aliphatic carbocycles. The van der Waals surface area contributed by atoms with Crippen LogP contribution in [0.5, 0.6) is 0 Å². The number of aromatic nitrogens is 3. The average molecular weight is 447 g/mol. The third-order valence-corrected chi connectivity index (χ3v) is 6.50. The summed E-state index contributed by atoms with van der Waals surface area (Å²) >= 11 is 0. The third-order valence-electron chi connectivity index (χ3n) is 6.50. The van der Waals surface area contributed by atoms with Crippen LogP contribution >= 0.6 is 0 Å². The van der Waals surface area contributed by atoms with E-state index in [4.69, 9.17) is 4.98 Å². The number of hydrogen-bond donors (Lipinski definition) is 2. The lowest BCUT2D eigenvalue weighted by Gasteiger charge is -2.36. The Balaban J connectivity index is 1.62. The summed E-state index contributed by atoms with van der Waals surface area (Å²) in [6.45, 7) is 7.08. The molecule has 0 bridgehead atoms. The fourth-order valence-electron chi connectivity index (χ4n) is 4.37. The number of nitrogens with zero attached hydrogens (tertiary/aromatic N) is 5. The molecule has 0 saturated carbocycles. The molecule has 168 valence electrons. The lowest BCUT2D eigenvalue weighted by atomic mass is 9.82. The Morgan fingerprint density at radius 2 is 1.82 bits per heavy atom. The molecule has 3 aromatic rings. The van der Waals surface area contributed by atoms with E-state index in [9.17, 15) is 14.0 Å². The van der Waals surface area contributed by atoms with E-state index in [1.807, 2.05) is 19.9 Å². The van der Waals surface area contributed by atoms with Crippen LogP contribution in [0.1, 0.15) is 36.7 Å². The Bertz CT molecular complexity index is 1310. The van der Waals surface area contributed by atoms with E-state index < -0.39 is 11.6 Å². The topological polar surface area (TPSA) is 93.0 Å². The number of benzene rings is 1. The smallest absolute Gasteiger partial charge is 0.144 e. The van der Waals surface area contributed by atoms with Crippen LogP contribution in [0, 0.1) is 42.2 Å². The molecule has 7 nitrogen and oxygen atoms in total. The van der Waals surface area contributed by atoms with Crippen molar-refractivity contribution in [3.63, 3.8) is 0 Å². The van der Waals surface area contributed by atoms with Crippen molar-refractivity contribution in [3.05, 3.63) is 52.9 Å². The standard InChI is InChI=1S/C24H23F2N7/c1-13-20-15(11-18(28-13)33-9-7-24(3,12-27)8-10-33)22-21(14(2)31-32-22)30-23(29-20)19-16(25)5-4-6-17(19)26/h4-6,11H,7-10H2,1-3H3,(H,29,30)(H,31,32). The van der Waals surface area contributed by atoms with Gasteiger partial charge in [0.15, 0.2) is 0 Å². The fraction of sp³-hybridized carbons (Fsp3) is 0.333. The van der Waals surface area contributed by atoms with Crippen molar-refractivity contribution in [1.82, 2.24) is 15.2 Å². The number of aryl methyl sites for hydroxylation is 2. The largest absolute Gasteiger partial charge is 0.356 e. The minimum atomic E-state index is -0.705. The van der Waals surface area contributed by atoms with E-state index in [0.29, 0.717) is 28.5 Å². The second-order valence-corrected chi connectivity index (χ2v) is 8.86. The van der Waals surface area contributed by atoms with E-state index in [-0.39, 0.29) is 16.8 Å². The number of anilines is 2. The number of rotatable bonds is 2. The van der Waals surface area contributed by atoms with Gasteiger partial charge < -0.3 is 10.2 Å². The number of hydrogen-bond acceptors (Lipinski definition) is 6. The average Bonchev–Trinajstić information content (AvgIpc) is 3.06. The van der Waals surface area contributed by atoms with E-state index >= 15 is 0 Å². The van der Waals surface area contributed by atoms with Crippen molar-refractivity contribution in [2.24, 2.45) is 10.4 Å². The Morgan fingerprint density at radius 1 is 1.12 bits per heavy atom. The zero-order chi connectivity index (χ0) is 23.3. The molecule has 5 rings (SSSR count). The molecular weight excluding hydrogens is 424 g/mol. The third kappa shape index (κ3) is 3.52. The summed E-state index contributed by atoms with van der Waals surface area (Å²) in [5.41, 5.74) is 3.30. The van der Waals surface area contributed by atoms with Gasteiger partial charge in [-0.2, -0.15) is 10.4 Å². The zero-order valence-electron chi connectivity index (χ0n) is 18.6. The van der Waals surface area contributed by atoms with Gasteiger partial charge in [0.05, 0.1) is 39.8 Å². The Labute approximate surface area is 190 Å². The van der Waals surface area contributed by atoms with Gasteiger partial charge in [0, 0.05) is 18.7 Å². The summed E-state index contributed by atoms with van der Waals surface area (Å²) in [6.07, 6.45) is 1.52. The lowest BCUT2D eigenvalue weighted by Crippen LogP contribution is -2.38. The van der Waals surface area contributed by atoms with E-state index in [1.54, 1.807) is 6.92 Å². The quantitative estimate of drug-likeness (QED) is 0.577. The minimum Gasteiger partial charge on any atom is -0.356 e. The van der Waals surface area contributed by atoms with E-state index in [1.165, 1.54) is 18.2 Å². The second-order valence-electron chi connectivity index (χ2n) is 8.86. The number of pyridine rings is 1. The normalized spacial score (nSPS) is 16.7. The number of aliphatic imine (C=N–C) groups is 1. The summed E-state index contributed by atoms with van der Waals surface area (Å²) < 4.78 is 29.2. The maximum Gasteiger partial charge on any atom is 0.144 e. The highest BCUT2D eigenvalue weighted by Crippen LogP contribution is 2.42. The first kappa shape index (κ1) is 21.1. The van der Waals surface area contributed by atoms with Gasteiger partial charge in [-0.25, -0.2) is 18.8 Å². The monoisotopic (exact) mass is 447 g/mol. The molecule has 4 heterocycles. The number of H-pyrrole nitrogens is 1. The number of fused-ring (bicyclic) bond motifs is 3. The van der Waals surface area contributed by atoms with Crippen LogP contribution in [0.3, 0.4) is 0 Å². The van der Waals surface area contributed by atoms with Crippen molar-refractivity contribution in [2.75, 3.05) is 23.3 Å².